The van der Waals surface area contributed by atoms with Crippen LogP contribution < -0.4 is 4.73 Å². The number of rotatable bonds is 0. The third-order valence-corrected chi connectivity index (χ3v) is 1.25. The fourth-order valence-corrected chi connectivity index (χ4v) is 0.621. The summed E-state index contributed by atoms with van der Waals surface area (Å²) >= 11 is 0. The van der Waals surface area contributed by atoms with Crippen molar-refractivity contribution >= 4 is 0 Å². The number of pyridine rings is 1. The average molecular weight is 142 g/mol. The Balaban J connectivity index is 3.31. The smallest absolute Gasteiger partial charge is 0.272 e. The Labute approximate surface area is 57.6 Å². The van der Waals surface area contributed by atoms with E-state index in [0.717, 1.165) is 12.3 Å². The second kappa shape index (κ2) is 2.06. The fourth-order valence-electron chi connectivity index (χ4n) is 0.621. The van der Waals surface area contributed by atoms with Crippen molar-refractivity contribution < 1.29 is 20.2 Å². The lowest BCUT2D eigenvalue weighted by molar-refractivity contribution is -0.909. The van der Waals surface area contributed by atoms with E-state index in [1.807, 2.05) is 0 Å². The Morgan fingerprint density at radius 2 is 2.00 bits per heavy atom. The summed E-state index contributed by atoms with van der Waals surface area (Å²) in [5.74, 6) is -0.312. The van der Waals surface area contributed by atoms with E-state index in [0.29, 0.717) is 4.73 Å². The van der Waals surface area contributed by atoms with Crippen LogP contribution in [0.1, 0.15) is 5.69 Å². The highest BCUT2D eigenvalue weighted by Gasteiger charge is 2.11. The van der Waals surface area contributed by atoms with E-state index in [2.05, 4.69) is 0 Å². The highest BCUT2D eigenvalue weighted by atomic mass is 16.5. The summed E-state index contributed by atoms with van der Waals surface area (Å²) in [5.41, 5.74) is 0.290. The van der Waals surface area contributed by atoms with Gasteiger partial charge in [-0.3, -0.25) is 5.21 Å². The molecule has 3 N–H and O–H groups in total. The zero-order valence-corrected chi connectivity index (χ0v) is 5.44. The van der Waals surface area contributed by atoms with Gasteiger partial charge in [-0.1, -0.05) is 0 Å². The molecule has 10 heavy (non-hydrogen) atoms. The monoisotopic (exact) mass is 142 g/mol. The molecule has 0 amide bonds. The van der Waals surface area contributed by atoms with Crippen molar-refractivity contribution in [2.45, 2.75) is 6.92 Å². The van der Waals surface area contributed by atoms with Crippen LogP contribution >= 0.6 is 0 Å². The van der Waals surface area contributed by atoms with Crippen molar-refractivity contribution in [3.63, 3.8) is 0 Å². The summed E-state index contributed by atoms with van der Waals surface area (Å²) in [7, 11) is 0. The highest BCUT2D eigenvalue weighted by Crippen LogP contribution is 2.16. The third kappa shape index (κ3) is 0.953. The minimum Gasteiger partial charge on any atom is -0.502 e. The molecule has 0 bridgehead atoms. The Hall–Kier alpha value is -1.45. The molecule has 0 aliphatic rings. The first-order valence-electron chi connectivity index (χ1n) is 2.75. The molecule has 1 rings (SSSR count). The third-order valence-electron chi connectivity index (χ3n) is 1.25. The Morgan fingerprint density at radius 1 is 1.40 bits per heavy atom. The summed E-state index contributed by atoms with van der Waals surface area (Å²) < 4.78 is 0.657. The first-order valence-corrected chi connectivity index (χ1v) is 2.75. The number of aromatic hydroxyl groups is 2. The van der Waals surface area contributed by atoms with Crippen LogP contribution in [0.5, 0.6) is 11.5 Å². The molecule has 1 heterocycles. The summed E-state index contributed by atoms with van der Waals surface area (Å²) in [6.07, 6.45) is 1.09. The van der Waals surface area contributed by atoms with Crippen molar-refractivity contribution in [1.29, 1.82) is 0 Å². The zero-order valence-electron chi connectivity index (χ0n) is 5.44. The van der Waals surface area contributed by atoms with Crippen molar-refractivity contribution in [2.75, 3.05) is 0 Å². The molecule has 0 saturated carbocycles. The van der Waals surface area contributed by atoms with Crippen LogP contribution in [0.25, 0.3) is 0 Å². The molecule has 0 atom stereocenters. The molecule has 0 radical (unpaired) electrons. The van der Waals surface area contributed by atoms with E-state index in [-0.39, 0.29) is 17.2 Å². The first kappa shape index (κ1) is 6.67. The molecule has 0 fully saturated rings. The van der Waals surface area contributed by atoms with E-state index in [9.17, 15) is 0 Å². The Bertz CT molecular complexity index is 236. The molecular formula is C6H8NO3+. The molecule has 0 aliphatic carbocycles. The second-order valence-electron chi connectivity index (χ2n) is 2.01. The Morgan fingerprint density at radius 3 is 2.50 bits per heavy atom. The summed E-state index contributed by atoms with van der Waals surface area (Å²) in [4.78, 5) is 0. The quantitative estimate of drug-likeness (QED) is 0.351. The van der Waals surface area contributed by atoms with E-state index < -0.39 is 0 Å². The topological polar surface area (TPSA) is 64.6 Å². The van der Waals surface area contributed by atoms with Crippen molar-refractivity contribution in [3.05, 3.63) is 18.0 Å². The molecule has 0 spiro atoms. The lowest BCUT2D eigenvalue weighted by Crippen LogP contribution is -2.32. The van der Waals surface area contributed by atoms with Gasteiger partial charge in [0.25, 0.3) is 11.9 Å². The largest absolute Gasteiger partial charge is 0.502 e. The molecule has 0 saturated heterocycles. The zero-order chi connectivity index (χ0) is 7.72. The van der Waals surface area contributed by atoms with E-state index >= 15 is 0 Å². The summed E-state index contributed by atoms with van der Waals surface area (Å²) in [6, 6.07) is 1.15. The number of hydrogen-bond acceptors (Lipinski definition) is 3. The van der Waals surface area contributed by atoms with Gasteiger partial charge in [-0.15, -0.1) is 0 Å². The van der Waals surface area contributed by atoms with Crippen LogP contribution in [0.15, 0.2) is 12.3 Å². The van der Waals surface area contributed by atoms with Gasteiger partial charge < -0.3 is 10.2 Å². The number of hydrogen-bond donors (Lipinski definition) is 3. The van der Waals surface area contributed by atoms with Crippen LogP contribution in [0.3, 0.4) is 0 Å². The minimum absolute atomic E-state index is 0.137. The van der Waals surface area contributed by atoms with Crippen molar-refractivity contribution in [2.24, 2.45) is 0 Å². The molecule has 54 valence electrons. The fraction of sp³-hybridized carbons (Fsp3) is 0.167. The van der Waals surface area contributed by atoms with Crippen LogP contribution in [-0.2, 0) is 0 Å². The lowest BCUT2D eigenvalue weighted by Gasteiger charge is -1.93. The first-order chi connectivity index (χ1) is 4.61. The van der Waals surface area contributed by atoms with E-state index in [4.69, 9.17) is 15.4 Å². The maximum absolute atomic E-state index is 8.94. The van der Waals surface area contributed by atoms with Crippen LogP contribution in [0.2, 0.25) is 0 Å². The maximum atomic E-state index is 8.94. The number of nitrogens with zero attached hydrogens (tertiary/aromatic N) is 1. The molecular weight excluding hydrogens is 134 g/mol. The molecule has 1 aromatic heterocycles. The van der Waals surface area contributed by atoms with Gasteiger partial charge in [0.05, 0.1) is 0 Å². The Kier molecular flexibility index (Phi) is 1.37. The molecule has 0 unspecified atom stereocenters. The predicted molar refractivity (Wildman–Crippen MR) is 31.9 cm³/mol. The molecule has 0 aliphatic heterocycles. The van der Waals surface area contributed by atoms with Crippen LogP contribution in [0, 0.1) is 6.92 Å². The van der Waals surface area contributed by atoms with Gasteiger partial charge in [0.15, 0.2) is 11.5 Å². The summed E-state index contributed by atoms with van der Waals surface area (Å²) in [6.45, 7) is 1.52. The van der Waals surface area contributed by atoms with Crippen LogP contribution in [0.4, 0.5) is 0 Å². The molecule has 4 nitrogen and oxygen atoms in total. The van der Waals surface area contributed by atoms with Gasteiger partial charge in [-0.2, -0.15) is 0 Å². The number of aromatic nitrogens is 1. The van der Waals surface area contributed by atoms with Crippen molar-refractivity contribution in [1.82, 2.24) is 0 Å². The van der Waals surface area contributed by atoms with Gasteiger partial charge in [-0.05, 0) is 0 Å². The molecule has 1 aromatic rings. The van der Waals surface area contributed by atoms with Gasteiger partial charge in [-0.25, -0.2) is 0 Å². The average Bonchev–Trinajstić information content (AvgIpc) is 1.82. The normalized spacial score (nSPS) is 9.70. The van der Waals surface area contributed by atoms with Gasteiger partial charge in [0, 0.05) is 17.7 Å². The standard InChI is InChI=1S/C6H7NO3/c1-4-6(9)2-5(8)3-7(4)10/h2-3H,1H3,(H2-,8,9,10)/p+1. The minimum atomic E-state index is -0.175. The highest BCUT2D eigenvalue weighted by molar-refractivity contribution is 5.27. The van der Waals surface area contributed by atoms with Gasteiger partial charge >= 0.3 is 0 Å². The second-order valence-corrected chi connectivity index (χ2v) is 2.01. The van der Waals surface area contributed by atoms with E-state index in [1.54, 1.807) is 0 Å². The SMILES string of the molecule is Cc1c(O)cc(O)c[n+]1O. The molecule has 0 aromatic carbocycles. The van der Waals surface area contributed by atoms with Gasteiger partial charge in [0.1, 0.15) is 0 Å². The maximum Gasteiger partial charge on any atom is 0.272 e. The predicted octanol–water partition coefficient (Wildman–Crippen LogP) is -0.0690. The van der Waals surface area contributed by atoms with Crippen LogP contribution in [-0.4, -0.2) is 15.4 Å². The summed E-state index contributed by atoms with van der Waals surface area (Å²) in [5, 5.41) is 26.6. The lowest BCUT2D eigenvalue weighted by atomic mass is 10.3. The van der Waals surface area contributed by atoms with Crippen molar-refractivity contribution in [3.8, 4) is 11.5 Å². The van der Waals surface area contributed by atoms with Gasteiger partial charge in [0.2, 0.25) is 0 Å². The van der Waals surface area contributed by atoms with E-state index in [1.165, 1.54) is 6.92 Å². The molecule has 4 heteroatoms.